The summed E-state index contributed by atoms with van der Waals surface area (Å²) in [4.78, 5) is 32.9. The van der Waals surface area contributed by atoms with Crippen molar-refractivity contribution >= 4 is 50.4 Å². The summed E-state index contributed by atoms with van der Waals surface area (Å²) >= 11 is 1.92. The number of thiazole rings is 1. The topological polar surface area (TPSA) is 84.0 Å². The number of hydrogen-bond donors (Lipinski definition) is 2. The summed E-state index contributed by atoms with van der Waals surface area (Å²) < 4.78 is 39.7. The number of pyridine rings is 1. The first-order valence-electron chi connectivity index (χ1n) is 8.82. The Morgan fingerprint density at radius 2 is 1.77 bits per heavy atom. The molecule has 2 amide bonds. The molecule has 158 valence electrons. The van der Waals surface area contributed by atoms with Crippen LogP contribution in [-0.2, 0) is 6.18 Å². The summed E-state index contributed by atoms with van der Waals surface area (Å²) in [5.41, 5.74) is -0.351. The van der Waals surface area contributed by atoms with E-state index in [-0.39, 0.29) is 10.9 Å². The highest BCUT2D eigenvalue weighted by molar-refractivity contribution is 7.20. The number of aromatic nitrogens is 2. The number of amides is 2. The third-order valence-electron chi connectivity index (χ3n) is 4.24. The van der Waals surface area contributed by atoms with Crippen molar-refractivity contribution < 1.29 is 22.8 Å². The van der Waals surface area contributed by atoms with Crippen LogP contribution < -0.4 is 10.6 Å². The molecule has 31 heavy (non-hydrogen) atoms. The number of nitrogens with one attached hydrogen (secondary N) is 2. The SMILES string of the molecule is CNC(=O)c1sc(-c2ccc(NC(=O)c3cc4cccnc4s3)cc2)nc1C(F)(F)F. The van der Waals surface area contributed by atoms with Gasteiger partial charge < -0.3 is 10.6 Å². The Labute approximate surface area is 181 Å². The lowest BCUT2D eigenvalue weighted by atomic mass is 10.2. The van der Waals surface area contributed by atoms with Crippen molar-refractivity contribution in [2.24, 2.45) is 0 Å². The van der Waals surface area contributed by atoms with Gasteiger partial charge in [0.1, 0.15) is 14.7 Å². The maximum Gasteiger partial charge on any atom is 0.435 e. The zero-order valence-electron chi connectivity index (χ0n) is 15.8. The number of rotatable bonds is 4. The Hall–Kier alpha value is -3.31. The maximum absolute atomic E-state index is 13.2. The molecule has 0 radical (unpaired) electrons. The molecular weight excluding hydrogens is 449 g/mol. The smallest absolute Gasteiger partial charge is 0.354 e. The van der Waals surface area contributed by atoms with Gasteiger partial charge in [-0.2, -0.15) is 13.2 Å². The van der Waals surface area contributed by atoms with Gasteiger partial charge in [0.2, 0.25) is 0 Å². The summed E-state index contributed by atoms with van der Waals surface area (Å²) in [6.45, 7) is 0. The Morgan fingerprint density at radius 1 is 1.03 bits per heavy atom. The van der Waals surface area contributed by atoms with E-state index in [4.69, 9.17) is 0 Å². The molecule has 0 aliphatic carbocycles. The van der Waals surface area contributed by atoms with Crippen LogP contribution in [0.25, 0.3) is 20.8 Å². The summed E-state index contributed by atoms with van der Waals surface area (Å²) in [6, 6.07) is 11.6. The lowest BCUT2D eigenvalue weighted by molar-refractivity contribution is -0.141. The van der Waals surface area contributed by atoms with Crippen molar-refractivity contribution in [1.29, 1.82) is 0 Å². The Kier molecular flexibility index (Phi) is 5.46. The minimum atomic E-state index is -4.75. The molecule has 0 saturated carbocycles. The summed E-state index contributed by atoms with van der Waals surface area (Å²) in [5.74, 6) is -1.16. The minimum Gasteiger partial charge on any atom is -0.354 e. The van der Waals surface area contributed by atoms with Crippen LogP contribution in [0.2, 0.25) is 0 Å². The van der Waals surface area contributed by atoms with Crippen LogP contribution in [0.5, 0.6) is 0 Å². The molecule has 0 spiro atoms. The van der Waals surface area contributed by atoms with E-state index in [1.807, 2.05) is 6.07 Å². The molecule has 3 aromatic heterocycles. The molecular formula is C20H13F3N4O2S2. The third kappa shape index (κ3) is 4.28. The molecule has 3 heterocycles. The van der Waals surface area contributed by atoms with Crippen LogP contribution in [0.1, 0.15) is 25.0 Å². The van der Waals surface area contributed by atoms with Crippen LogP contribution in [0, 0.1) is 0 Å². The van der Waals surface area contributed by atoms with Gasteiger partial charge in [0.25, 0.3) is 11.8 Å². The van der Waals surface area contributed by atoms with Crippen molar-refractivity contribution in [3.05, 3.63) is 64.1 Å². The van der Waals surface area contributed by atoms with Gasteiger partial charge in [0.05, 0.1) is 4.88 Å². The van der Waals surface area contributed by atoms with Gasteiger partial charge in [-0.25, -0.2) is 9.97 Å². The highest BCUT2D eigenvalue weighted by atomic mass is 32.1. The number of anilines is 1. The number of nitrogens with zero attached hydrogens (tertiary/aromatic N) is 2. The van der Waals surface area contributed by atoms with Gasteiger partial charge in [-0.3, -0.25) is 9.59 Å². The van der Waals surface area contributed by atoms with E-state index in [0.29, 0.717) is 27.5 Å². The predicted octanol–water partition coefficient (Wildman–Crippen LogP) is 5.05. The zero-order chi connectivity index (χ0) is 22.2. The highest BCUT2D eigenvalue weighted by Crippen LogP contribution is 2.38. The zero-order valence-corrected chi connectivity index (χ0v) is 17.4. The number of benzene rings is 1. The fraction of sp³-hybridized carbons (Fsp3) is 0.100. The van der Waals surface area contributed by atoms with Gasteiger partial charge in [-0.05, 0) is 36.4 Å². The summed E-state index contributed by atoms with van der Waals surface area (Å²) in [6.07, 6.45) is -3.10. The molecule has 0 fully saturated rings. The number of hydrogen-bond acceptors (Lipinski definition) is 6. The van der Waals surface area contributed by atoms with E-state index in [1.165, 1.54) is 30.5 Å². The van der Waals surface area contributed by atoms with Crippen molar-refractivity contribution in [3.63, 3.8) is 0 Å². The van der Waals surface area contributed by atoms with E-state index in [9.17, 15) is 22.8 Å². The first-order valence-corrected chi connectivity index (χ1v) is 10.5. The van der Waals surface area contributed by atoms with Crippen molar-refractivity contribution in [3.8, 4) is 10.6 Å². The molecule has 11 heteroatoms. The molecule has 0 unspecified atom stereocenters. The van der Waals surface area contributed by atoms with E-state index in [0.717, 1.165) is 10.2 Å². The monoisotopic (exact) mass is 462 g/mol. The second kappa shape index (κ2) is 8.08. The molecule has 4 aromatic rings. The third-order valence-corrected chi connectivity index (χ3v) is 6.40. The first kappa shape index (κ1) is 20.9. The molecule has 4 rings (SSSR count). The molecule has 0 aliphatic rings. The second-order valence-electron chi connectivity index (χ2n) is 6.31. The van der Waals surface area contributed by atoms with E-state index >= 15 is 0 Å². The van der Waals surface area contributed by atoms with Gasteiger partial charge in [0, 0.05) is 29.9 Å². The van der Waals surface area contributed by atoms with Gasteiger partial charge in [-0.1, -0.05) is 6.07 Å². The fourth-order valence-corrected chi connectivity index (χ4v) is 4.71. The van der Waals surface area contributed by atoms with Crippen LogP contribution in [0.3, 0.4) is 0 Å². The maximum atomic E-state index is 13.2. The summed E-state index contributed by atoms with van der Waals surface area (Å²) in [7, 11) is 1.26. The average molecular weight is 462 g/mol. The van der Waals surface area contributed by atoms with Gasteiger partial charge in [0.15, 0.2) is 5.69 Å². The molecule has 6 nitrogen and oxygen atoms in total. The van der Waals surface area contributed by atoms with E-state index in [2.05, 4.69) is 20.6 Å². The predicted molar refractivity (Wildman–Crippen MR) is 114 cm³/mol. The quantitative estimate of drug-likeness (QED) is 0.445. The standard InChI is InChI=1S/C20H13F3N4O2S2/c1-24-17(29)14-15(20(21,22)23)27-19(31-14)10-4-6-12(7-5-10)26-16(28)13-9-11-3-2-8-25-18(11)30-13/h2-9H,1H3,(H,24,29)(H,26,28). The number of carbonyl (C=O) groups excluding carboxylic acids is 2. The molecule has 0 bridgehead atoms. The molecule has 0 atom stereocenters. The van der Waals surface area contributed by atoms with Crippen molar-refractivity contribution in [1.82, 2.24) is 15.3 Å². The molecule has 2 N–H and O–H groups in total. The Balaban J connectivity index is 1.56. The number of halogens is 3. The number of fused-ring (bicyclic) bond motifs is 1. The van der Waals surface area contributed by atoms with E-state index in [1.54, 1.807) is 30.5 Å². The van der Waals surface area contributed by atoms with Gasteiger partial charge >= 0.3 is 6.18 Å². The van der Waals surface area contributed by atoms with Crippen LogP contribution in [-0.4, -0.2) is 28.8 Å². The lowest BCUT2D eigenvalue weighted by Gasteiger charge is -2.05. The Morgan fingerprint density at radius 3 is 2.42 bits per heavy atom. The van der Waals surface area contributed by atoms with Crippen LogP contribution >= 0.6 is 22.7 Å². The highest BCUT2D eigenvalue weighted by Gasteiger charge is 2.39. The van der Waals surface area contributed by atoms with Crippen molar-refractivity contribution in [2.45, 2.75) is 6.18 Å². The number of carbonyl (C=O) groups is 2. The largest absolute Gasteiger partial charge is 0.435 e. The first-order chi connectivity index (χ1) is 14.8. The number of thiophene rings is 1. The fourth-order valence-electron chi connectivity index (χ4n) is 2.78. The Bertz CT molecular complexity index is 1250. The van der Waals surface area contributed by atoms with Crippen LogP contribution in [0.15, 0.2) is 48.7 Å². The molecule has 0 aliphatic heterocycles. The lowest BCUT2D eigenvalue weighted by Crippen LogP contribution is -2.21. The molecule has 1 aromatic carbocycles. The second-order valence-corrected chi connectivity index (χ2v) is 8.34. The van der Waals surface area contributed by atoms with Crippen molar-refractivity contribution in [2.75, 3.05) is 12.4 Å². The average Bonchev–Trinajstić information content (AvgIpc) is 3.38. The van der Waals surface area contributed by atoms with E-state index < -0.39 is 22.7 Å². The van der Waals surface area contributed by atoms with Crippen LogP contribution in [0.4, 0.5) is 18.9 Å². The normalized spacial score (nSPS) is 11.5. The number of alkyl halides is 3. The molecule has 0 saturated heterocycles. The minimum absolute atomic E-state index is 0.0550. The summed E-state index contributed by atoms with van der Waals surface area (Å²) in [5, 5.41) is 5.86. The van der Waals surface area contributed by atoms with Gasteiger partial charge in [-0.15, -0.1) is 22.7 Å².